The van der Waals surface area contributed by atoms with Gasteiger partial charge in [-0.2, -0.15) is 13.2 Å². The zero-order valence-electron chi connectivity index (χ0n) is 18.8. The third-order valence-electron chi connectivity index (χ3n) is 5.76. The van der Waals surface area contributed by atoms with Crippen LogP contribution < -0.4 is 21.5 Å². The molecule has 4 rings (SSSR count). The Kier molecular flexibility index (Phi) is 7.07. The van der Waals surface area contributed by atoms with E-state index in [4.69, 9.17) is 16.2 Å². The van der Waals surface area contributed by atoms with Crippen molar-refractivity contribution >= 4 is 17.3 Å². The number of nitrogens with two attached hydrogens (primary N) is 2. The second kappa shape index (κ2) is 10.1. The molecule has 1 amide bonds. The van der Waals surface area contributed by atoms with Gasteiger partial charge in [-0.3, -0.25) is 9.78 Å². The smallest absolute Gasteiger partial charge is 0.418 e. The molecule has 0 aliphatic heterocycles. The molecule has 2 atom stereocenters. The number of amides is 1. The minimum absolute atomic E-state index is 0.0167. The molecule has 1 aromatic carbocycles. The number of halogens is 5. The number of hydrogen-bond donors (Lipinski definition) is 3. The van der Waals surface area contributed by atoms with Gasteiger partial charge in [0.2, 0.25) is 0 Å². The van der Waals surface area contributed by atoms with Gasteiger partial charge < -0.3 is 21.5 Å². The summed E-state index contributed by atoms with van der Waals surface area (Å²) >= 11 is 0. The summed E-state index contributed by atoms with van der Waals surface area (Å²) in [5.74, 6) is -3.31. The van der Waals surface area contributed by atoms with Gasteiger partial charge in [0, 0.05) is 18.3 Å². The predicted octanol–water partition coefficient (Wildman–Crippen LogP) is 4.92. The van der Waals surface area contributed by atoms with E-state index in [2.05, 4.69) is 15.3 Å². The Labute approximate surface area is 202 Å². The van der Waals surface area contributed by atoms with Gasteiger partial charge in [0.1, 0.15) is 29.2 Å². The number of nitrogens with one attached hydrogen (secondary N) is 1. The molecule has 1 saturated carbocycles. The highest BCUT2D eigenvalue weighted by molar-refractivity contribution is 6.07. The molecular weight excluding hydrogens is 485 g/mol. The van der Waals surface area contributed by atoms with Crippen LogP contribution in [0.4, 0.5) is 33.3 Å². The molecule has 0 bridgehead atoms. The molecule has 0 spiro atoms. The molecule has 5 N–H and O–H groups in total. The van der Waals surface area contributed by atoms with E-state index < -0.39 is 51.9 Å². The van der Waals surface area contributed by atoms with Crippen LogP contribution >= 0.6 is 0 Å². The van der Waals surface area contributed by atoms with Crippen LogP contribution in [0.1, 0.15) is 41.7 Å². The van der Waals surface area contributed by atoms with E-state index in [-0.39, 0.29) is 23.6 Å². The number of pyridine rings is 2. The molecule has 1 aliphatic rings. The van der Waals surface area contributed by atoms with Gasteiger partial charge in [-0.1, -0.05) is 6.07 Å². The fourth-order valence-electron chi connectivity index (χ4n) is 4.07. The number of benzene rings is 1. The van der Waals surface area contributed by atoms with Crippen molar-refractivity contribution in [3.05, 3.63) is 65.6 Å². The Balaban J connectivity index is 1.70. The first-order valence-corrected chi connectivity index (χ1v) is 11.0. The van der Waals surface area contributed by atoms with Crippen LogP contribution in [0.3, 0.4) is 0 Å². The van der Waals surface area contributed by atoms with Crippen molar-refractivity contribution in [1.82, 2.24) is 9.97 Å². The number of aromatic nitrogens is 2. The van der Waals surface area contributed by atoms with Gasteiger partial charge in [0.05, 0.1) is 28.7 Å². The normalized spacial score (nSPS) is 18.1. The zero-order chi connectivity index (χ0) is 26.0. The van der Waals surface area contributed by atoms with Gasteiger partial charge in [-0.15, -0.1) is 0 Å². The molecule has 190 valence electrons. The maximum Gasteiger partial charge on any atom is 0.418 e. The van der Waals surface area contributed by atoms with Crippen LogP contribution in [-0.4, -0.2) is 28.0 Å². The number of rotatable bonds is 5. The summed E-state index contributed by atoms with van der Waals surface area (Å²) in [6.07, 6.45) is 0.603. The summed E-state index contributed by atoms with van der Waals surface area (Å²) in [4.78, 5) is 20.6. The Morgan fingerprint density at radius 2 is 1.86 bits per heavy atom. The van der Waals surface area contributed by atoms with E-state index >= 15 is 0 Å². The minimum atomic E-state index is -5.05. The highest BCUT2D eigenvalue weighted by Gasteiger charge is 2.37. The van der Waals surface area contributed by atoms with E-state index in [0.29, 0.717) is 12.5 Å². The fourth-order valence-corrected chi connectivity index (χ4v) is 4.07. The highest BCUT2D eigenvalue weighted by Crippen LogP contribution is 2.40. The van der Waals surface area contributed by atoms with Crippen molar-refractivity contribution in [3.63, 3.8) is 0 Å². The van der Waals surface area contributed by atoms with Gasteiger partial charge >= 0.3 is 6.18 Å². The average molecular weight is 507 g/mol. The summed E-state index contributed by atoms with van der Waals surface area (Å²) in [6.45, 7) is 0. The number of carbonyl (C=O) groups is 1. The molecule has 1 aliphatic carbocycles. The number of hydrogen-bond acceptors (Lipinski definition) is 6. The lowest BCUT2D eigenvalue weighted by atomic mass is 9.93. The predicted molar refractivity (Wildman–Crippen MR) is 122 cm³/mol. The summed E-state index contributed by atoms with van der Waals surface area (Å²) in [5.41, 5.74) is 6.93. The van der Waals surface area contributed by atoms with Crippen LogP contribution in [-0.2, 0) is 6.18 Å². The largest absolute Gasteiger partial charge is 0.488 e. The standard InChI is InChI=1S/C24H22F5N5O2/c25-15-5-2-6-16(26)20(15)21-14(24(27,28)29)10-17(31)22(34-21)23(35)33-18-11-32-8-7-19(18)36-13-4-1-3-12(30)9-13/h2,5-8,10-13H,1,3-4,9,30-31H2,(H,33,35). The third-order valence-corrected chi connectivity index (χ3v) is 5.76. The highest BCUT2D eigenvalue weighted by atomic mass is 19.4. The Hall–Kier alpha value is -3.80. The van der Waals surface area contributed by atoms with Crippen LogP contribution in [0.5, 0.6) is 5.75 Å². The fraction of sp³-hybridized carbons (Fsp3) is 0.292. The van der Waals surface area contributed by atoms with Crippen molar-refractivity contribution in [2.45, 2.75) is 44.0 Å². The van der Waals surface area contributed by atoms with Crippen LogP contribution in [0, 0.1) is 11.6 Å². The van der Waals surface area contributed by atoms with E-state index in [0.717, 1.165) is 37.5 Å². The first kappa shape index (κ1) is 25.3. The second-order valence-electron chi connectivity index (χ2n) is 8.41. The SMILES string of the molecule is Nc1cc(C(F)(F)F)c(-c2c(F)cccc2F)nc1C(=O)Nc1cnccc1OC1CCCC(N)C1. The van der Waals surface area contributed by atoms with Crippen molar-refractivity contribution in [2.75, 3.05) is 11.1 Å². The van der Waals surface area contributed by atoms with Crippen molar-refractivity contribution in [3.8, 4) is 17.0 Å². The van der Waals surface area contributed by atoms with E-state index in [1.807, 2.05) is 0 Å². The molecule has 0 radical (unpaired) electrons. The number of ether oxygens (including phenoxy) is 1. The second-order valence-corrected chi connectivity index (χ2v) is 8.41. The molecule has 7 nitrogen and oxygen atoms in total. The summed E-state index contributed by atoms with van der Waals surface area (Å²) < 4.78 is 75.8. The van der Waals surface area contributed by atoms with E-state index in [1.54, 1.807) is 0 Å². The maximum atomic E-state index is 14.4. The molecule has 0 saturated heterocycles. The quantitative estimate of drug-likeness (QED) is 0.422. The first-order chi connectivity index (χ1) is 17.0. The number of carbonyl (C=O) groups excluding carboxylic acids is 1. The van der Waals surface area contributed by atoms with Crippen LogP contribution in [0.25, 0.3) is 11.3 Å². The Morgan fingerprint density at radius 1 is 1.14 bits per heavy atom. The van der Waals surface area contributed by atoms with Crippen molar-refractivity contribution in [1.29, 1.82) is 0 Å². The Morgan fingerprint density at radius 3 is 2.53 bits per heavy atom. The molecule has 2 heterocycles. The van der Waals surface area contributed by atoms with Crippen molar-refractivity contribution in [2.24, 2.45) is 5.73 Å². The average Bonchev–Trinajstić information content (AvgIpc) is 2.80. The zero-order valence-corrected chi connectivity index (χ0v) is 18.8. The number of anilines is 2. The van der Waals surface area contributed by atoms with Gasteiger partial charge in [0.15, 0.2) is 5.69 Å². The van der Waals surface area contributed by atoms with Gasteiger partial charge in [0.25, 0.3) is 5.91 Å². The first-order valence-electron chi connectivity index (χ1n) is 11.0. The van der Waals surface area contributed by atoms with Crippen LogP contribution in [0.2, 0.25) is 0 Å². The lowest BCUT2D eigenvalue weighted by Crippen LogP contribution is -2.33. The topological polar surface area (TPSA) is 116 Å². The Bertz CT molecular complexity index is 1260. The summed E-state index contributed by atoms with van der Waals surface area (Å²) in [7, 11) is 0. The number of nitrogens with zero attached hydrogens (tertiary/aromatic N) is 2. The molecule has 2 aromatic heterocycles. The van der Waals surface area contributed by atoms with Gasteiger partial charge in [-0.05, 0) is 43.9 Å². The van der Waals surface area contributed by atoms with Crippen molar-refractivity contribution < 1.29 is 31.5 Å². The molecular formula is C24H22F5N5O2. The molecule has 36 heavy (non-hydrogen) atoms. The molecule has 1 fully saturated rings. The van der Waals surface area contributed by atoms with E-state index in [1.165, 1.54) is 18.5 Å². The number of alkyl halides is 3. The summed E-state index contributed by atoms with van der Waals surface area (Å²) in [6, 6.07) is 4.48. The van der Waals surface area contributed by atoms with Crippen LogP contribution in [0.15, 0.2) is 42.7 Å². The summed E-state index contributed by atoms with van der Waals surface area (Å²) in [5, 5.41) is 2.47. The minimum Gasteiger partial charge on any atom is -0.488 e. The third kappa shape index (κ3) is 5.38. The lowest BCUT2D eigenvalue weighted by molar-refractivity contribution is -0.137. The van der Waals surface area contributed by atoms with E-state index in [9.17, 15) is 26.7 Å². The molecule has 3 aromatic rings. The van der Waals surface area contributed by atoms with Gasteiger partial charge in [-0.25, -0.2) is 13.8 Å². The molecule has 2 unspecified atom stereocenters. The lowest BCUT2D eigenvalue weighted by Gasteiger charge is -2.28. The monoisotopic (exact) mass is 507 g/mol. The molecule has 12 heteroatoms. The maximum absolute atomic E-state index is 14.4. The number of nitrogen functional groups attached to an aromatic ring is 1.